The van der Waals surface area contributed by atoms with Gasteiger partial charge in [0, 0.05) is 34.3 Å². The maximum atomic E-state index is 13.1. The van der Waals surface area contributed by atoms with Gasteiger partial charge in [0.15, 0.2) is 6.10 Å². The lowest BCUT2D eigenvalue weighted by Gasteiger charge is -2.68. The molecule has 0 aromatic heterocycles. The number of rotatable bonds is 4. The van der Waals surface area contributed by atoms with E-state index in [9.17, 15) is 19.5 Å². The number of hydrogen-bond acceptors (Lipinski definition) is 6. The fraction of sp³-hybridized carbons (Fsp3) is 0.720. The topological polar surface area (TPSA) is 89.9 Å². The average molecular weight is 433 g/mol. The van der Waals surface area contributed by atoms with Crippen LogP contribution in [0, 0.1) is 34.5 Å². The smallest absolute Gasteiger partial charge is 0.333 e. The Bertz CT molecular complexity index is 852. The Morgan fingerprint density at radius 1 is 1.00 bits per heavy atom. The molecule has 172 valence electrons. The van der Waals surface area contributed by atoms with Crippen LogP contribution in [0.1, 0.15) is 61.8 Å². The van der Waals surface area contributed by atoms with E-state index < -0.39 is 41.1 Å². The molecule has 4 bridgehead atoms. The molecule has 0 aromatic carbocycles. The van der Waals surface area contributed by atoms with Gasteiger partial charge in [-0.25, -0.2) is 9.59 Å². The number of allylic oxidation sites excluding steroid dienone is 2. The molecular weight excluding hydrogens is 396 g/mol. The third-order valence-corrected chi connectivity index (χ3v) is 8.44. The van der Waals surface area contributed by atoms with Crippen LogP contribution < -0.4 is 0 Å². The molecule has 0 spiro atoms. The van der Waals surface area contributed by atoms with E-state index in [1.807, 2.05) is 27.7 Å². The summed E-state index contributed by atoms with van der Waals surface area (Å²) in [5, 5.41) is 11.6. The van der Waals surface area contributed by atoms with Gasteiger partial charge in [0.1, 0.15) is 18.0 Å². The molecule has 4 aliphatic rings. The second kappa shape index (κ2) is 7.88. The van der Waals surface area contributed by atoms with Crippen LogP contribution in [-0.2, 0) is 23.9 Å². The molecule has 4 saturated carbocycles. The van der Waals surface area contributed by atoms with Crippen molar-refractivity contribution in [3.05, 3.63) is 23.3 Å². The SMILES string of the molecule is C/C=C(/C)C(=O)O[C@H]1[C@H](OC(=O)/C(C)=C\C)C(C)(C)[C@@H]2[C@H]3[C@@H](C)CC(=O)[C@@H]2[C@@]3(C)[C@H]1O. The second-order valence-corrected chi connectivity index (χ2v) is 10.4. The van der Waals surface area contributed by atoms with Crippen LogP contribution in [0.25, 0.3) is 0 Å². The highest BCUT2D eigenvalue weighted by Crippen LogP contribution is 2.72. The number of carbonyl (C=O) groups is 3. The molecule has 0 saturated heterocycles. The van der Waals surface area contributed by atoms with E-state index in [4.69, 9.17) is 9.47 Å². The Labute approximate surface area is 185 Å². The summed E-state index contributed by atoms with van der Waals surface area (Å²) < 4.78 is 11.8. The molecule has 6 nitrogen and oxygen atoms in total. The maximum Gasteiger partial charge on any atom is 0.333 e. The Hall–Kier alpha value is -1.95. The van der Waals surface area contributed by atoms with Crippen molar-refractivity contribution in [1.82, 2.24) is 0 Å². The standard InChI is InChI=1S/C25H36O6/c1-9-12(3)22(28)30-19-20(27)25(8)16-14(5)11-15(26)17(25)18(16)24(6,7)21(19)31-23(29)13(4)10-2/h9-10,14,16-21,27H,11H2,1-8H3/b12-9-,13-10-/t14-,16+,17-,18+,19+,20-,21-,25-/m0/s1. The van der Waals surface area contributed by atoms with E-state index in [1.54, 1.807) is 39.8 Å². The largest absolute Gasteiger partial charge is 0.454 e. The fourth-order valence-electron chi connectivity index (χ4n) is 6.57. The third-order valence-electron chi connectivity index (χ3n) is 8.44. The molecule has 0 heterocycles. The van der Waals surface area contributed by atoms with Crippen molar-refractivity contribution < 1.29 is 29.0 Å². The van der Waals surface area contributed by atoms with Gasteiger partial charge in [-0.3, -0.25) is 4.79 Å². The summed E-state index contributed by atoms with van der Waals surface area (Å²) >= 11 is 0. The van der Waals surface area contributed by atoms with E-state index in [0.717, 1.165) is 0 Å². The van der Waals surface area contributed by atoms with E-state index in [-0.39, 0.29) is 29.5 Å². The van der Waals surface area contributed by atoms with E-state index in [1.165, 1.54) is 0 Å². The first kappa shape index (κ1) is 23.7. The minimum Gasteiger partial charge on any atom is -0.454 e. The van der Waals surface area contributed by atoms with Crippen LogP contribution in [0.2, 0.25) is 0 Å². The summed E-state index contributed by atoms with van der Waals surface area (Å²) in [6.45, 7) is 14.7. The number of aliphatic hydroxyl groups excluding tert-OH is 1. The van der Waals surface area contributed by atoms with Crippen LogP contribution in [0.4, 0.5) is 0 Å². The minimum absolute atomic E-state index is 0.0568. The summed E-state index contributed by atoms with van der Waals surface area (Å²) in [6.07, 6.45) is 0.736. The zero-order valence-corrected chi connectivity index (χ0v) is 19.9. The summed E-state index contributed by atoms with van der Waals surface area (Å²) in [6, 6.07) is 0. The maximum absolute atomic E-state index is 13.1. The van der Waals surface area contributed by atoms with Crippen molar-refractivity contribution >= 4 is 17.7 Å². The van der Waals surface area contributed by atoms with Gasteiger partial charge in [0.2, 0.25) is 0 Å². The first-order chi connectivity index (χ1) is 14.3. The van der Waals surface area contributed by atoms with Gasteiger partial charge in [-0.05, 0) is 45.4 Å². The molecule has 0 aliphatic heterocycles. The Morgan fingerprint density at radius 3 is 2.00 bits per heavy atom. The monoisotopic (exact) mass is 432 g/mol. The van der Waals surface area contributed by atoms with Gasteiger partial charge in [-0.1, -0.05) is 39.8 Å². The normalized spacial score (nSPS) is 41.7. The number of Topliss-reactive ketones (excluding diaryl/α,β-unsaturated/α-hetero) is 1. The highest BCUT2D eigenvalue weighted by Gasteiger charge is 2.77. The Kier molecular flexibility index (Phi) is 6.02. The lowest BCUT2D eigenvalue weighted by molar-refractivity contribution is -0.236. The molecule has 8 atom stereocenters. The molecular formula is C25H36O6. The molecule has 0 radical (unpaired) electrons. The van der Waals surface area contributed by atoms with Crippen LogP contribution in [-0.4, -0.2) is 41.1 Å². The summed E-state index contributed by atoms with van der Waals surface area (Å²) in [7, 11) is 0. The lowest BCUT2D eigenvalue weighted by atomic mass is 9.35. The predicted octanol–water partition coefficient (Wildman–Crippen LogP) is 3.62. The zero-order valence-electron chi connectivity index (χ0n) is 19.9. The molecule has 4 fully saturated rings. The number of hydrogen-bond donors (Lipinski definition) is 1. The van der Waals surface area contributed by atoms with E-state index in [0.29, 0.717) is 17.6 Å². The van der Waals surface area contributed by atoms with Crippen molar-refractivity contribution in [2.24, 2.45) is 34.5 Å². The van der Waals surface area contributed by atoms with Gasteiger partial charge in [-0.2, -0.15) is 0 Å². The first-order valence-electron chi connectivity index (χ1n) is 11.2. The zero-order chi connectivity index (χ0) is 23.5. The van der Waals surface area contributed by atoms with Gasteiger partial charge in [0.05, 0.1) is 0 Å². The number of ether oxygens (including phenoxy) is 2. The summed E-state index contributed by atoms with van der Waals surface area (Å²) in [5.41, 5.74) is -0.546. The number of carbonyl (C=O) groups excluding carboxylic acids is 3. The summed E-state index contributed by atoms with van der Waals surface area (Å²) in [5.74, 6) is -1.14. The summed E-state index contributed by atoms with van der Waals surface area (Å²) in [4.78, 5) is 38.5. The average Bonchev–Trinajstić information content (AvgIpc) is 2.78. The van der Waals surface area contributed by atoms with Gasteiger partial charge < -0.3 is 14.6 Å². The number of aliphatic hydroxyl groups is 1. The first-order valence-corrected chi connectivity index (χ1v) is 11.2. The van der Waals surface area contributed by atoms with E-state index in [2.05, 4.69) is 0 Å². The molecule has 1 N–H and O–H groups in total. The molecule has 31 heavy (non-hydrogen) atoms. The van der Waals surface area contributed by atoms with Gasteiger partial charge in [0.25, 0.3) is 0 Å². The van der Waals surface area contributed by atoms with Crippen LogP contribution in [0.3, 0.4) is 0 Å². The number of esters is 2. The molecule has 0 unspecified atom stereocenters. The molecule has 6 heteroatoms. The van der Waals surface area contributed by atoms with Crippen molar-refractivity contribution in [1.29, 1.82) is 0 Å². The lowest BCUT2D eigenvalue weighted by Crippen LogP contribution is -2.70. The highest BCUT2D eigenvalue weighted by atomic mass is 16.6. The van der Waals surface area contributed by atoms with Crippen molar-refractivity contribution in [2.75, 3.05) is 0 Å². The molecule has 4 aliphatic carbocycles. The Morgan fingerprint density at radius 2 is 1.52 bits per heavy atom. The van der Waals surface area contributed by atoms with Crippen molar-refractivity contribution in [3.63, 3.8) is 0 Å². The van der Waals surface area contributed by atoms with Crippen LogP contribution in [0.5, 0.6) is 0 Å². The van der Waals surface area contributed by atoms with Crippen LogP contribution >= 0.6 is 0 Å². The quantitative estimate of drug-likeness (QED) is 0.539. The van der Waals surface area contributed by atoms with Crippen molar-refractivity contribution in [3.8, 4) is 0 Å². The van der Waals surface area contributed by atoms with Gasteiger partial charge >= 0.3 is 11.9 Å². The number of ketones is 1. The third kappa shape index (κ3) is 3.29. The fourth-order valence-corrected chi connectivity index (χ4v) is 6.57. The van der Waals surface area contributed by atoms with Crippen molar-refractivity contribution in [2.45, 2.75) is 80.1 Å². The predicted molar refractivity (Wildman–Crippen MR) is 116 cm³/mol. The molecule has 0 aromatic rings. The highest BCUT2D eigenvalue weighted by molar-refractivity contribution is 5.89. The Balaban J connectivity index is 2.12. The van der Waals surface area contributed by atoms with Crippen LogP contribution in [0.15, 0.2) is 23.3 Å². The van der Waals surface area contributed by atoms with Gasteiger partial charge in [-0.15, -0.1) is 0 Å². The number of fused-ring (bicyclic) bond motifs is 3. The minimum atomic E-state index is -1.12. The molecule has 0 amide bonds. The van der Waals surface area contributed by atoms with E-state index >= 15 is 0 Å². The second-order valence-electron chi connectivity index (χ2n) is 10.4. The molecule has 4 rings (SSSR count).